The molecule has 7 heteroatoms. The van der Waals surface area contributed by atoms with Crippen LogP contribution in [0.25, 0.3) is 0 Å². The Morgan fingerprint density at radius 3 is 2.43 bits per heavy atom. The molecule has 0 aliphatic heterocycles. The number of nitrogens with zero attached hydrogens (tertiary/aromatic N) is 1. The predicted octanol–water partition coefficient (Wildman–Crippen LogP) is 3.27. The first-order chi connectivity index (χ1) is 14.4. The van der Waals surface area contributed by atoms with Crippen LogP contribution in [0.15, 0.2) is 77.8 Å². The van der Waals surface area contributed by atoms with Crippen molar-refractivity contribution in [3.05, 3.63) is 95.3 Å². The van der Waals surface area contributed by atoms with E-state index in [1.54, 1.807) is 25.3 Å². The minimum Gasteiger partial charge on any atom is -0.344 e. The fraction of sp³-hybridized carbons (Fsp3) is 0.217. The van der Waals surface area contributed by atoms with Crippen molar-refractivity contribution in [3.8, 4) is 0 Å². The number of benzene rings is 2. The Morgan fingerprint density at radius 1 is 1.00 bits per heavy atom. The van der Waals surface area contributed by atoms with E-state index >= 15 is 0 Å². The Bertz CT molecular complexity index is 1060. The van der Waals surface area contributed by atoms with Gasteiger partial charge in [-0.2, -0.15) is 0 Å². The zero-order chi connectivity index (χ0) is 21.6. The first-order valence-electron chi connectivity index (χ1n) is 9.69. The van der Waals surface area contributed by atoms with Crippen molar-refractivity contribution in [1.82, 2.24) is 15.0 Å². The van der Waals surface area contributed by atoms with Crippen LogP contribution in [0.4, 0.5) is 0 Å². The number of aryl methyl sites for hydroxylation is 2. The third-order valence-electron chi connectivity index (χ3n) is 4.70. The van der Waals surface area contributed by atoms with E-state index in [1.165, 1.54) is 0 Å². The Kier molecular flexibility index (Phi) is 6.97. The van der Waals surface area contributed by atoms with E-state index in [4.69, 9.17) is 0 Å². The summed E-state index contributed by atoms with van der Waals surface area (Å²) in [5, 5.41) is 2.96. The molecule has 2 N–H and O–H groups in total. The summed E-state index contributed by atoms with van der Waals surface area (Å²) in [7, 11) is -3.68. The molecule has 156 valence electrons. The van der Waals surface area contributed by atoms with Crippen molar-refractivity contribution in [2.45, 2.75) is 31.2 Å². The second-order valence-corrected chi connectivity index (χ2v) is 8.82. The van der Waals surface area contributed by atoms with Gasteiger partial charge in [0.25, 0.3) is 0 Å². The lowest BCUT2D eigenvalue weighted by atomic mass is 10.0. The minimum absolute atomic E-state index is 0.00523. The van der Waals surface area contributed by atoms with Gasteiger partial charge in [0, 0.05) is 19.2 Å². The van der Waals surface area contributed by atoms with Gasteiger partial charge in [0.2, 0.25) is 15.9 Å². The number of hydrogen-bond acceptors (Lipinski definition) is 4. The zero-order valence-electron chi connectivity index (χ0n) is 17.0. The number of carbonyl (C=O) groups excluding carboxylic acids is 1. The quantitative estimate of drug-likeness (QED) is 0.582. The second kappa shape index (κ2) is 9.65. The molecule has 0 aliphatic carbocycles. The predicted molar refractivity (Wildman–Crippen MR) is 116 cm³/mol. The van der Waals surface area contributed by atoms with Crippen LogP contribution in [0, 0.1) is 13.8 Å². The maximum atomic E-state index is 12.6. The monoisotopic (exact) mass is 423 g/mol. The summed E-state index contributed by atoms with van der Waals surface area (Å²) in [5.41, 5.74) is 3.14. The van der Waals surface area contributed by atoms with Crippen molar-refractivity contribution < 1.29 is 13.2 Å². The van der Waals surface area contributed by atoms with Crippen LogP contribution in [-0.4, -0.2) is 25.9 Å². The van der Waals surface area contributed by atoms with Crippen molar-refractivity contribution in [2.24, 2.45) is 0 Å². The molecule has 1 amide bonds. The highest BCUT2D eigenvalue weighted by molar-refractivity contribution is 7.89. The maximum Gasteiger partial charge on any atom is 0.240 e. The summed E-state index contributed by atoms with van der Waals surface area (Å²) < 4.78 is 27.7. The molecule has 1 atom stereocenters. The molecular weight excluding hydrogens is 398 g/mol. The summed E-state index contributed by atoms with van der Waals surface area (Å²) in [5.74, 6) is -0.266. The van der Waals surface area contributed by atoms with Crippen LogP contribution in [0.5, 0.6) is 0 Å². The van der Waals surface area contributed by atoms with E-state index in [2.05, 4.69) is 15.0 Å². The molecule has 1 aromatic heterocycles. The average Bonchev–Trinajstić information content (AvgIpc) is 2.75. The summed E-state index contributed by atoms with van der Waals surface area (Å²) in [6.45, 7) is 3.59. The van der Waals surface area contributed by atoms with Gasteiger partial charge in [0.05, 0.1) is 16.6 Å². The van der Waals surface area contributed by atoms with E-state index < -0.39 is 16.1 Å². The van der Waals surface area contributed by atoms with E-state index in [-0.39, 0.29) is 23.8 Å². The Morgan fingerprint density at radius 2 is 1.73 bits per heavy atom. The molecule has 0 aliphatic rings. The molecule has 2 aromatic carbocycles. The molecule has 3 rings (SSSR count). The average molecular weight is 424 g/mol. The topological polar surface area (TPSA) is 88.2 Å². The molecule has 3 aromatic rings. The number of carbonyl (C=O) groups is 1. The fourth-order valence-corrected chi connectivity index (χ4v) is 4.49. The smallest absolute Gasteiger partial charge is 0.240 e. The number of nitrogens with one attached hydrogen (secondary N) is 2. The SMILES string of the molecule is Cc1ccc(C)c(S(=O)(=O)NCCC(=O)NC(c2ccccc2)c2ccccn2)c1. The molecule has 1 heterocycles. The molecule has 0 radical (unpaired) electrons. The van der Waals surface area contributed by atoms with Gasteiger partial charge in [0.15, 0.2) is 0 Å². The highest BCUT2D eigenvalue weighted by atomic mass is 32.2. The van der Waals surface area contributed by atoms with Crippen LogP contribution in [0.3, 0.4) is 0 Å². The molecule has 0 bridgehead atoms. The van der Waals surface area contributed by atoms with Crippen LogP contribution in [0.1, 0.15) is 34.8 Å². The largest absolute Gasteiger partial charge is 0.344 e. The maximum absolute atomic E-state index is 12.6. The third kappa shape index (κ3) is 5.52. The van der Waals surface area contributed by atoms with Gasteiger partial charge < -0.3 is 5.32 Å². The normalized spacial score (nSPS) is 12.3. The first-order valence-corrected chi connectivity index (χ1v) is 11.2. The van der Waals surface area contributed by atoms with E-state index in [1.807, 2.05) is 61.5 Å². The standard InChI is InChI=1S/C23H25N3O3S/c1-17-11-12-18(2)21(16-17)30(28,29)25-15-13-22(27)26-23(19-8-4-3-5-9-19)20-10-6-7-14-24-20/h3-12,14,16,23,25H,13,15H2,1-2H3,(H,26,27). The highest BCUT2D eigenvalue weighted by Gasteiger charge is 2.20. The van der Waals surface area contributed by atoms with Gasteiger partial charge in [0.1, 0.15) is 0 Å². The van der Waals surface area contributed by atoms with E-state index in [0.717, 1.165) is 11.1 Å². The molecule has 6 nitrogen and oxygen atoms in total. The number of hydrogen-bond donors (Lipinski definition) is 2. The zero-order valence-corrected chi connectivity index (χ0v) is 17.8. The van der Waals surface area contributed by atoms with Gasteiger partial charge >= 0.3 is 0 Å². The Labute approximate surface area is 177 Å². The fourth-order valence-electron chi connectivity index (χ4n) is 3.13. The second-order valence-electron chi connectivity index (χ2n) is 7.08. The molecule has 0 fully saturated rings. The van der Waals surface area contributed by atoms with Crippen LogP contribution >= 0.6 is 0 Å². The summed E-state index contributed by atoms with van der Waals surface area (Å²) in [6.07, 6.45) is 1.69. The summed E-state index contributed by atoms with van der Waals surface area (Å²) in [6, 6.07) is 19.9. The lowest BCUT2D eigenvalue weighted by Gasteiger charge is -2.19. The Hall–Kier alpha value is -3.03. The van der Waals surface area contributed by atoms with E-state index in [0.29, 0.717) is 11.3 Å². The summed E-state index contributed by atoms with van der Waals surface area (Å²) in [4.78, 5) is 17.2. The number of amides is 1. The van der Waals surface area contributed by atoms with Gasteiger partial charge in [-0.1, -0.05) is 48.5 Å². The Balaban J connectivity index is 1.66. The van der Waals surface area contributed by atoms with Crippen molar-refractivity contribution in [1.29, 1.82) is 0 Å². The van der Waals surface area contributed by atoms with Gasteiger partial charge in [-0.15, -0.1) is 0 Å². The van der Waals surface area contributed by atoms with Gasteiger partial charge in [-0.25, -0.2) is 13.1 Å². The number of pyridine rings is 1. The lowest BCUT2D eigenvalue weighted by molar-refractivity contribution is -0.121. The molecule has 0 saturated heterocycles. The van der Waals surface area contributed by atoms with E-state index in [9.17, 15) is 13.2 Å². The number of rotatable bonds is 8. The van der Waals surface area contributed by atoms with Crippen molar-refractivity contribution in [2.75, 3.05) is 6.54 Å². The van der Waals surface area contributed by atoms with Gasteiger partial charge in [-0.3, -0.25) is 9.78 Å². The highest BCUT2D eigenvalue weighted by Crippen LogP contribution is 2.20. The number of sulfonamides is 1. The van der Waals surface area contributed by atoms with Gasteiger partial charge in [-0.05, 0) is 48.7 Å². The van der Waals surface area contributed by atoms with Crippen LogP contribution in [0.2, 0.25) is 0 Å². The van der Waals surface area contributed by atoms with Crippen LogP contribution in [-0.2, 0) is 14.8 Å². The first kappa shape index (κ1) is 21.7. The minimum atomic E-state index is -3.68. The molecule has 30 heavy (non-hydrogen) atoms. The lowest BCUT2D eigenvalue weighted by Crippen LogP contribution is -2.33. The molecule has 0 spiro atoms. The molecule has 1 unspecified atom stereocenters. The van der Waals surface area contributed by atoms with Crippen molar-refractivity contribution >= 4 is 15.9 Å². The summed E-state index contributed by atoms with van der Waals surface area (Å²) >= 11 is 0. The third-order valence-corrected chi connectivity index (χ3v) is 6.30. The van der Waals surface area contributed by atoms with Crippen molar-refractivity contribution in [3.63, 3.8) is 0 Å². The molecular formula is C23H25N3O3S. The molecule has 0 saturated carbocycles. The number of aromatic nitrogens is 1. The van der Waals surface area contributed by atoms with Crippen LogP contribution < -0.4 is 10.0 Å².